The van der Waals surface area contributed by atoms with Crippen LogP contribution in [0.3, 0.4) is 0 Å². The van der Waals surface area contributed by atoms with E-state index in [1.807, 2.05) is 11.1 Å². The summed E-state index contributed by atoms with van der Waals surface area (Å²) < 4.78 is 15.0. The Hall–Kier alpha value is -3.22. The molecule has 0 aliphatic carbocycles. The average Bonchev–Trinajstić information content (AvgIpc) is 3.22. The molecular formula is C21H22FN5O. The van der Waals surface area contributed by atoms with Crippen molar-refractivity contribution >= 4 is 11.7 Å². The van der Waals surface area contributed by atoms with Gasteiger partial charge in [-0.15, -0.1) is 0 Å². The van der Waals surface area contributed by atoms with Gasteiger partial charge >= 0.3 is 0 Å². The van der Waals surface area contributed by atoms with E-state index in [2.05, 4.69) is 15.4 Å². The van der Waals surface area contributed by atoms with Crippen molar-refractivity contribution in [2.75, 3.05) is 18.4 Å². The van der Waals surface area contributed by atoms with E-state index in [0.717, 1.165) is 31.5 Å². The van der Waals surface area contributed by atoms with Gasteiger partial charge in [0.1, 0.15) is 11.6 Å². The first-order valence-electron chi connectivity index (χ1n) is 9.48. The molecule has 1 aromatic carbocycles. The van der Waals surface area contributed by atoms with Crippen LogP contribution in [0.4, 0.5) is 10.2 Å². The van der Waals surface area contributed by atoms with E-state index in [1.54, 1.807) is 41.3 Å². The zero-order valence-corrected chi connectivity index (χ0v) is 15.5. The van der Waals surface area contributed by atoms with Crippen LogP contribution in [0.2, 0.25) is 0 Å². The number of amides is 1. The Kier molecular flexibility index (Phi) is 5.32. The summed E-state index contributed by atoms with van der Waals surface area (Å²) in [6.45, 7) is 2.15. The van der Waals surface area contributed by atoms with E-state index in [0.29, 0.717) is 23.6 Å². The molecule has 1 saturated heterocycles. The summed E-state index contributed by atoms with van der Waals surface area (Å²) in [4.78, 5) is 18.8. The number of likely N-dealkylation sites (tertiary alicyclic amines) is 1. The normalized spacial score (nSPS) is 14.1. The third-order valence-electron chi connectivity index (χ3n) is 4.83. The van der Waals surface area contributed by atoms with Crippen LogP contribution < -0.4 is 5.32 Å². The minimum absolute atomic E-state index is 0.0593. The highest BCUT2D eigenvalue weighted by Crippen LogP contribution is 2.16. The van der Waals surface area contributed by atoms with Crippen molar-refractivity contribution in [3.8, 4) is 5.69 Å². The van der Waals surface area contributed by atoms with Gasteiger partial charge in [0.25, 0.3) is 5.91 Å². The van der Waals surface area contributed by atoms with E-state index in [1.165, 1.54) is 18.6 Å². The number of nitrogens with zero attached hydrogens (tertiary/aromatic N) is 4. The van der Waals surface area contributed by atoms with Gasteiger partial charge in [-0.3, -0.25) is 4.79 Å². The van der Waals surface area contributed by atoms with Crippen LogP contribution in [0, 0.1) is 5.82 Å². The predicted octanol–water partition coefficient (Wildman–Crippen LogP) is 3.64. The lowest BCUT2D eigenvalue weighted by Gasteiger charge is -2.26. The molecular weight excluding hydrogens is 357 g/mol. The molecule has 6 nitrogen and oxygen atoms in total. The zero-order chi connectivity index (χ0) is 19.3. The van der Waals surface area contributed by atoms with E-state index in [9.17, 15) is 9.18 Å². The first kappa shape index (κ1) is 18.2. The molecule has 1 aliphatic heterocycles. The van der Waals surface area contributed by atoms with Crippen molar-refractivity contribution in [2.24, 2.45) is 0 Å². The molecule has 0 atom stereocenters. The molecule has 7 heteroatoms. The first-order chi connectivity index (χ1) is 13.7. The molecule has 1 amide bonds. The fourth-order valence-corrected chi connectivity index (χ4v) is 3.34. The molecule has 4 rings (SSSR count). The summed E-state index contributed by atoms with van der Waals surface area (Å²) in [5, 5.41) is 7.50. The topological polar surface area (TPSA) is 63.1 Å². The van der Waals surface area contributed by atoms with Crippen molar-refractivity contribution in [1.82, 2.24) is 19.7 Å². The number of rotatable bonds is 5. The highest BCUT2D eigenvalue weighted by molar-refractivity contribution is 5.94. The standard InChI is InChI=1S/C21H22FN5O/c22-18-5-4-6-19(12-18)27-15-16(14-25-27)13-24-20-11-17(7-8-23-20)21(28)26-9-2-1-3-10-26/h4-8,11-12,14-15H,1-3,9-10,13H2,(H,23,24). The van der Waals surface area contributed by atoms with Crippen molar-refractivity contribution in [2.45, 2.75) is 25.8 Å². The summed E-state index contributed by atoms with van der Waals surface area (Å²) >= 11 is 0. The first-order valence-corrected chi connectivity index (χ1v) is 9.48. The Balaban J connectivity index is 1.41. The summed E-state index contributed by atoms with van der Waals surface area (Å²) in [5.74, 6) is 0.400. The number of nitrogens with one attached hydrogen (secondary N) is 1. The fourth-order valence-electron chi connectivity index (χ4n) is 3.34. The smallest absolute Gasteiger partial charge is 0.254 e. The van der Waals surface area contributed by atoms with Crippen LogP contribution in [0.1, 0.15) is 35.2 Å². The third kappa shape index (κ3) is 4.19. The fraction of sp³-hybridized carbons (Fsp3) is 0.286. The van der Waals surface area contributed by atoms with Crippen molar-refractivity contribution < 1.29 is 9.18 Å². The van der Waals surface area contributed by atoms with Crippen LogP contribution >= 0.6 is 0 Å². The number of carbonyl (C=O) groups excluding carboxylic acids is 1. The summed E-state index contributed by atoms with van der Waals surface area (Å²) in [6.07, 6.45) is 8.53. The Morgan fingerprint density at radius 1 is 1.14 bits per heavy atom. The van der Waals surface area contributed by atoms with Gasteiger partial charge in [0, 0.05) is 43.2 Å². The Morgan fingerprint density at radius 2 is 2.00 bits per heavy atom. The van der Waals surface area contributed by atoms with Crippen LogP contribution in [0.15, 0.2) is 55.0 Å². The molecule has 3 heterocycles. The van der Waals surface area contributed by atoms with Crippen LogP contribution in [0.5, 0.6) is 0 Å². The maximum atomic E-state index is 13.4. The van der Waals surface area contributed by atoms with Gasteiger partial charge in [-0.2, -0.15) is 5.10 Å². The highest BCUT2D eigenvalue weighted by Gasteiger charge is 2.18. The molecule has 1 aliphatic rings. The van der Waals surface area contributed by atoms with E-state index in [4.69, 9.17) is 0 Å². The largest absolute Gasteiger partial charge is 0.366 e. The number of halogens is 1. The number of piperidine rings is 1. The van der Waals surface area contributed by atoms with Gasteiger partial charge in [0.15, 0.2) is 0 Å². The van der Waals surface area contributed by atoms with Crippen molar-refractivity contribution in [3.63, 3.8) is 0 Å². The number of aromatic nitrogens is 3. The quantitative estimate of drug-likeness (QED) is 0.735. The number of hydrogen-bond acceptors (Lipinski definition) is 4. The molecule has 28 heavy (non-hydrogen) atoms. The van der Waals surface area contributed by atoms with E-state index < -0.39 is 0 Å². The minimum Gasteiger partial charge on any atom is -0.366 e. The van der Waals surface area contributed by atoms with E-state index in [-0.39, 0.29) is 11.7 Å². The molecule has 0 radical (unpaired) electrons. The maximum absolute atomic E-state index is 13.4. The molecule has 144 valence electrons. The Labute approximate surface area is 163 Å². The average molecular weight is 379 g/mol. The van der Waals surface area contributed by atoms with Gasteiger partial charge in [-0.1, -0.05) is 6.07 Å². The molecule has 0 bridgehead atoms. The summed E-state index contributed by atoms with van der Waals surface area (Å²) in [7, 11) is 0. The molecule has 0 unspecified atom stereocenters. The summed E-state index contributed by atoms with van der Waals surface area (Å²) in [6, 6.07) is 9.82. The monoisotopic (exact) mass is 379 g/mol. The second kappa shape index (κ2) is 8.21. The molecule has 3 aromatic rings. The van der Waals surface area contributed by atoms with Crippen molar-refractivity contribution in [3.05, 3.63) is 71.9 Å². The Morgan fingerprint density at radius 3 is 2.82 bits per heavy atom. The maximum Gasteiger partial charge on any atom is 0.254 e. The summed E-state index contributed by atoms with van der Waals surface area (Å²) in [5.41, 5.74) is 2.24. The Bertz CT molecular complexity index is 965. The van der Waals surface area contributed by atoms with Gasteiger partial charge in [-0.25, -0.2) is 14.1 Å². The van der Waals surface area contributed by atoms with Gasteiger partial charge < -0.3 is 10.2 Å². The number of anilines is 1. The van der Waals surface area contributed by atoms with E-state index >= 15 is 0 Å². The molecule has 1 fully saturated rings. The van der Waals surface area contributed by atoms with Gasteiger partial charge in [0.2, 0.25) is 0 Å². The van der Waals surface area contributed by atoms with Crippen molar-refractivity contribution in [1.29, 1.82) is 0 Å². The van der Waals surface area contributed by atoms with Gasteiger partial charge in [0.05, 0.1) is 11.9 Å². The van der Waals surface area contributed by atoms with Crippen LogP contribution in [-0.4, -0.2) is 38.7 Å². The molecule has 2 aromatic heterocycles. The second-order valence-corrected chi connectivity index (χ2v) is 6.91. The molecule has 1 N–H and O–H groups in total. The lowest BCUT2D eigenvalue weighted by molar-refractivity contribution is 0.0724. The number of hydrogen-bond donors (Lipinski definition) is 1. The number of carbonyl (C=O) groups is 1. The predicted molar refractivity (Wildman–Crippen MR) is 105 cm³/mol. The number of pyridine rings is 1. The lowest BCUT2D eigenvalue weighted by Crippen LogP contribution is -2.35. The second-order valence-electron chi connectivity index (χ2n) is 6.91. The number of benzene rings is 1. The SMILES string of the molecule is O=C(c1ccnc(NCc2cnn(-c3cccc(F)c3)c2)c1)N1CCCCC1. The highest BCUT2D eigenvalue weighted by atomic mass is 19.1. The molecule has 0 saturated carbocycles. The minimum atomic E-state index is -0.299. The molecule has 0 spiro atoms. The zero-order valence-electron chi connectivity index (χ0n) is 15.5. The lowest BCUT2D eigenvalue weighted by atomic mass is 10.1. The van der Waals surface area contributed by atoms with Crippen LogP contribution in [0.25, 0.3) is 5.69 Å². The third-order valence-corrected chi connectivity index (χ3v) is 4.83. The van der Waals surface area contributed by atoms with Gasteiger partial charge in [-0.05, 0) is 49.6 Å². The van der Waals surface area contributed by atoms with Crippen LogP contribution in [-0.2, 0) is 6.54 Å².